The number of nitrogens with zero attached hydrogens (tertiary/aromatic N) is 2. The molecule has 0 radical (unpaired) electrons. The molecule has 2 amide bonds. The van der Waals surface area contributed by atoms with Crippen molar-refractivity contribution in [2.24, 2.45) is 0 Å². The lowest BCUT2D eigenvalue weighted by Gasteiger charge is -2.29. The van der Waals surface area contributed by atoms with Gasteiger partial charge in [0, 0.05) is 25.7 Å². The Hall–Kier alpha value is -1.05. The second-order valence-corrected chi connectivity index (χ2v) is 6.05. The van der Waals surface area contributed by atoms with Crippen molar-refractivity contribution in [1.29, 1.82) is 0 Å². The van der Waals surface area contributed by atoms with Crippen LogP contribution in [-0.4, -0.2) is 61.4 Å². The van der Waals surface area contributed by atoms with Crippen LogP contribution in [0.4, 0.5) is 0 Å². The van der Waals surface area contributed by atoms with E-state index in [9.17, 15) is 9.59 Å². The molecule has 1 aliphatic rings. The number of hydrogen-bond acceptors (Lipinski definition) is 5. The summed E-state index contributed by atoms with van der Waals surface area (Å²) in [4.78, 5) is 26.9. The Morgan fingerprint density at radius 2 is 2.38 bits per heavy atom. The second-order valence-electron chi connectivity index (χ2n) is 5.26. The van der Waals surface area contributed by atoms with E-state index in [1.54, 1.807) is 12.0 Å². The highest BCUT2D eigenvalue weighted by Gasteiger charge is 2.26. The molecule has 1 aliphatic heterocycles. The summed E-state index contributed by atoms with van der Waals surface area (Å²) in [7, 11) is 1.54. The van der Waals surface area contributed by atoms with Crippen molar-refractivity contribution in [2.45, 2.75) is 32.2 Å². The third-order valence-electron chi connectivity index (χ3n) is 3.52. The van der Waals surface area contributed by atoms with Gasteiger partial charge >= 0.3 is 0 Å². The van der Waals surface area contributed by atoms with Crippen molar-refractivity contribution in [2.75, 3.05) is 33.3 Å². The number of hydrogen-bond donors (Lipinski definition) is 1. The summed E-state index contributed by atoms with van der Waals surface area (Å²) in [6.45, 7) is 8.05. The van der Waals surface area contributed by atoms with Gasteiger partial charge in [0.25, 0.3) is 0 Å². The summed E-state index contributed by atoms with van der Waals surface area (Å²) in [5, 5.41) is 0. The Balaban J connectivity index is 2.56. The van der Waals surface area contributed by atoms with Gasteiger partial charge in [-0.05, 0) is 26.2 Å². The van der Waals surface area contributed by atoms with E-state index in [-0.39, 0.29) is 18.5 Å². The molecule has 0 aromatic heterocycles. The molecular formula is C14H25N3O3S. The highest BCUT2D eigenvalue weighted by Crippen LogP contribution is 2.17. The fraction of sp³-hybridized carbons (Fsp3) is 0.714. The maximum absolute atomic E-state index is 12.3. The Kier molecular flexibility index (Phi) is 8.41. The van der Waals surface area contributed by atoms with Crippen LogP contribution >= 0.6 is 12.2 Å². The van der Waals surface area contributed by atoms with Gasteiger partial charge in [-0.15, -0.1) is 6.58 Å². The van der Waals surface area contributed by atoms with Crippen LogP contribution in [-0.2, 0) is 13.8 Å². The van der Waals surface area contributed by atoms with Crippen molar-refractivity contribution in [1.82, 2.24) is 14.5 Å². The molecular weight excluding hydrogens is 290 g/mol. The van der Waals surface area contributed by atoms with Crippen molar-refractivity contribution >= 4 is 24.5 Å². The summed E-state index contributed by atoms with van der Waals surface area (Å²) >= 11 is 1.04. The Morgan fingerprint density at radius 1 is 1.62 bits per heavy atom. The molecule has 6 nitrogen and oxygen atoms in total. The van der Waals surface area contributed by atoms with Crippen LogP contribution in [0.2, 0.25) is 0 Å². The van der Waals surface area contributed by atoms with Gasteiger partial charge in [-0.2, -0.15) is 0 Å². The first-order valence-corrected chi connectivity index (χ1v) is 7.88. The lowest BCUT2D eigenvalue weighted by Crippen LogP contribution is -2.45. The molecule has 21 heavy (non-hydrogen) atoms. The predicted molar refractivity (Wildman–Crippen MR) is 84.4 cm³/mol. The van der Waals surface area contributed by atoms with Gasteiger partial charge < -0.3 is 14.0 Å². The van der Waals surface area contributed by atoms with Gasteiger partial charge in [-0.25, -0.2) is 4.72 Å². The van der Waals surface area contributed by atoms with E-state index in [0.717, 1.165) is 50.0 Å². The molecule has 1 saturated heterocycles. The quantitative estimate of drug-likeness (QED) is 0.216. The van der Waals surface area contributed by atoms with Crippen LogP contribution in [0.3, 0.4) is 0 Å². The molecule has 1 heterocycles. The molecule has 0 bridgehead atoms. The van der Waals surface area contributed by atoms with Crippen LogP contribution in [0.15, 0.2) is 12.2 Å². The SMILES string of the molecule is C=C(C)CCN(CC1CCCN1C=O)C(=O)CNSOC. The fourth-order valence-corrected chi connectivity index (χ4v) is 2.65. The van der Waals surface area contributed by atoms with Crippen LogP contribution in [0.25, 0.3) is 0 Å². The number of carbonyl (C=O) groups excluding carboxylic acids is 2. The maximum atomic E-state index is 12.3. The van der Waals surface area contributed by atoms with Crippen LogP contribution < -0.4 is 4.72 Å². The molecule has 0 spiro atoms. The second kappa shape index (κ2) is 9.81. The minimum absolute atomic E-state index is 0.0125. The fourth-order valence-electron chi connectivity index (χ4n) is 2.35. The van der Waals surface area contributed by atoms with E-state index < -0.39 is 0 Å². The van der Waals surface area contributed by atoms with Crippen molar-refractivity contribution in [3.63, 3.8) is 0 Å². The molecule has 1 atom stereocenters. The minimum atomic E-state index is 0.0125. The lowest BCUT2D eigenvalue weighted by molar-refractivity contribution is -0.131. The van der Waals surface area contributed by atoms with E-state index in [4.69, 9.17) is 4.18 Å². The van der Waals surface area contributed by atoms with Crippen molar-refractivity contribution in [3.05, 3.63) is 12.2 Å². The summed E-state index contributed by atoms with van der Waals surface area (Å²) in [5.41, 5.74) is 1.05. The predicted octanol–water partition coefficient (Wildman–Crippen LogP) is 1.20. The topological polar surface area (TPSA) is 61.9 Å². The summed E-state index contributed by atoms with van der Waals surface area (Å²) in [6.07, 6.45) is 3.62. The van der Waals surface area contributed by atoms with E-state index in [0.29, 0.717) is 13.1 Å². The van der Waals surface area contributed by atoms with E-state index in [1.165, 1.54) is 0 Å². The number of likely N-dealkylation sites (tertiary alicyclic amines) is 1. The van der Waals surface area contributed by atoms with Crippen molar-refractivity contribution in [3.8, 4) is 0 Å². The molecule has 0 saturated carbocycles. The Morgan fingerprint density at radius 3 is 3.00 bits per heavy atom. The highest BCUT2D eigenvalue weighted by molar-refractivity contribution is 7.92. The normalized spacial score (nSPS) is 17.8. The van der Waals surface area contributed by atoms with Crippen LogP contribution in [0.5, 0.6) is 0 Å². The first-order valence-electron chi connectivity index (χ1n) is 7.14. The zero-order valence-corrected chi connectivity index (χ0v) is 13.7. The van der Waals surface area contributed by atoms with Crippen LogP contribution in [0.1, 0.15) is 26.2 Å². The zero-order chi connectivity index (χ0) is 15.7. The largest absolute Gasteiger partial charge is 0.340 e. The third kappa shape index (κ3) is 6.50. The summed E-state index contributed by atoms with van der Waals surface area (Å²) in [5.74, 6) is 0.0125. The number of carbonyl (C=O) groups is 2. The molecule has 7 heteroatoms. The van der Waals surface area contributed by atoms with Gasteiger partial charge in [0.15, 0.2) is 0 Å². The standard InChI is InChI=1S/C14H25N3O3S/c1-12(2)6-8-16(14(19)9-15-21-20-3)10-13-5-4-7-17(13)11-18/h11,13,15H,1,4-10H2,2-3H3. The maximum Gasteiger partial charge on any atom is 0.237 e. The van der Waals surface area contributed by atoms with Gasteiger partial charge in [-0.1, -0.05) is 5.57 Å². The summed E-state index contributed by atoms with van der Waals surface area (Å²) in [6, 6.07) is 0.131. The first-order chi connectivity index (χ1) is 10.1. The van der Waals surface area contributed by atoms with E-state index in [1.807, 2.05) is 11.8 Å². The molecule has 1 rings (SSSR count). The molecule has 1 N–H and O–H groups in total. The molecule has 1 fully saturated rings. The molecule has 0 aromatic rings. The number of amides is 2. The van der Waals surface area contributed by atoms with Gasteiger partial charge in [0.1, 0.15) is 0 Å². The van der Waals surface area contributed by atoms with E-state index >= 15 is 0 Å². The number of nitrogens with one attached hydrogen (secondary N) is 1. The number of rotatable bonds is 10. The molecule has 1 unspecified atom stereocenters. The van der Waals surface area contributed by atoms with E-state index in [2.05, 4.69) is 11.3 Å². The first kappa shape index (κ1) is 18.0. The molecule has 0 aromatic carbocycles. The average molecular weight is 315 g/mol. The molecule has 0 aliphatic carbocycles. The van der Waals surface area contributed by atoms with Crippen molar-refractivity contribution < 1.29 is 13.8 Å². The van der Waals surface area contributed by atoms with Gasteiger partial charge in [0.05, 0.1) is 25.9 Å². The summed E-state index contributed by atoms with van der Waals surface area (Å²) < 4.78 is 7.65. The van der Waals surface area contributed by atoms with Crippen LogP contribution in [0, 0.1) is 0 Å². The third-order valence-corrected chi connectivity index (χ3v) is 3.94. The molecule has 120 valence electrons. The Bertz CT molecular complexity index is 365. The lowest BCUT2D eigenvalue weighted by atomic mass is 10.2. The highest BCUT2D eigenvalue weighted by atomic mass is 32.2. The minimum Gasteiger partial charge on any atom is -0.340 e. The average Bonchev–Trinajstić information content (AvgIpc) is 2.90. The monoisotopic (exact) mass is 315 g/mol. The Labute approximate surface area is 131 Å². The smallest absolute Gasteiger partial charge is 0.237 e. The zero-order valence-electron chi connectivity index (χ0n) is 12.8. The van der Waals surface area contributed by atoms with Gasteiger partial charge in [0.2, 0.25) is 12.3 Å². The van der Waals surface area contributed by atoms with Gasteiger partial charge in [-0.3, -0.25) is 9.59 Å².